The van der Waals surface area contributed by atoms with E-state index in [1.807, 2.05) is 12.4 Å². The van der Waals surface area contributed by atoms with Crippen molar-refractivity contribution in [3.05, 3.63) is 82.9 Å². The van der Waals surface area contributed by atoms with Crippen LogP contribution in [0.4, 0.5) is 0 Å². The second-order valence-corrected chi connectivity index (χ2v) is 9.03. The molecule has 2 aromatic heterocycles. The van der Waals surface area contributed by atoms with E-state index >= 15 is 0 Å². The molecule has 0 spiro atoms. The van der Waals surface area contributed by atoms with E-state index in [-0.39, 0.29) is 16.7 Å². The van der Waals surface area contributed by atoms with E-state index in [1.54, 1.807) is 0 Å². The summed E-state index contributed by atoms with van der Waals surface area (Å²) in [6.45, 7) is 13.7. The Hall–Kier alpha value is -2.22. The average molecular weight is 335 g/mol. The molecule has 0 amide bonds. The number of H-pyrrole nitrogens is 2. The molecule has 1 aromatic carbocycles. The highest BCUT2D eigenvalue weighted by Crippen LogP contribution is 2.36. The standard InChI is InChI=1S/C23H30N2/c1-22(2,3)17-13-16(14-18(15-17)23(4,5)6)21(19-9-7-11-24-19)20-10-8-12-25-20/h7-15,21,24-25H,1-6H3. The Labute approximate surface area is 151 Å². The molecule has 0 aliphatic carbocycles. The summed E-state index contributed by atoms with van der Waals surface area (Å²) in [7, 11) is 0. The normalized spacial score (nSPS) is 12.8. The Kier molecular flexibility index (Phi) is 4.40. The van der Waals surface area contributed by atoms with Crippen LogP contribution in [0.3, 0.4) is 0 Å². The van der Waals surface area contributed by atoms with Crippen molar-refractivity contribution in [2.24, 2.45) is 0 Å². The van der Waals surface area contributed by atoms with E-state index in [1.165, 1.54) is 28.1 Å². The SMILES string of the molecule is CC(C)(C)c1cc(C(c2ccc[nH]2)c2ccc[nH]2)cc(C(C)(C)C)c1. The summed E-state index contributed by atoms with van der Waals surface area (Å²) in [6.07, 6.45) is 4.01. The first-order valence-electron chi connectivity index (χ1n) is 9.09. The molecule has 0 atom stereocenters. The molecule has 2 heteroatoms. The monoisotopic (exact) mass is 334 g/mol. The van der Waals surface area contributed by atoms with Crippen molar-refractivity contribution >= 4 is 0 Å². The van der Waals surface area contributed by atoms with Gasteiger partial charge in [0.15, 0.2) is 0 Å². The first-order valence-corrected chi connectivity index (χ1v) is 9.09. The summed E-state index contributed by atoms with van der Waals surface area (Å²) in [5.41, 5.74) is 6.78. The van der Waals surface area contributed by atoms with Gasteiger partial charge >= 0.3 is 0 Å². The van der Waals surface area contributed by atoms with Crippen LogP contribution in [-0.2, 0) is 10.8 Å². The van der Waals surface area contributed by atoms with Crippen molar-refractivity contribution in [2.45, 2.75) is 58.3 Å². The van der Waals surface area contributed by atoms with Crippen molar-refractivity contribution in [1.82, 2.24) is 9.97 Å². The fourth-order valence-electron chi connectivity index (χ4n) is 3.26. The second kappa shape index (κ2) is 6.25. The zero-order valence-electron chi connectivity index (χ0n) is 16.3. The fourth-order valence-corrected chi connectivity index (χ4v) is 3.26. The molecule has 0 unspecified atom stereocenters. The minimum absolute atomic E-state index is 0.117. The van der Waals surface area contributed by atoms with E-state index in [9.17, 15) is 0 Å². The fraction of sp³-hybridized carbons (Fsp3) is 0.391. The van der Waals surface area contributed by atoms with Gasteiger partial charge in [-0.2, -0.15) is 0 Å². The number of nitrogens with one attached hydrogen (secondary N) is 2. The molecule has 0 fully saturated rings. The van der Waals surface area contributed by atoms with Gasteiger partial charge in [-0.25, -0.2) is 0 Å². The van der Waals surface area contributed by atoms with E-state index < -0.39 is 0 Å². The van der Waals surface area contributed by atoms with Gasteiger partial charge < -0.3 is 9.97 Å². The van der Waals surface area contributed by atoms with Gasteiger partial charge in [-0.1, -0.05) is 59.7 Å². The van der Waals surface area contributed by atoms with Gasteiger partial charge in [0, 0.05) is 23.8 Å². The molecule has 2 nitrogen and oxygen atoms in total. The van der Waals surface area contributed by atoms with Crippen LogP contribution >= 0.6 is 0 Å². The second-order valence-electron chi connectivity index (χ2n) is 9.03. The minimum atomic E-state index is 0.117. The highest BCUT2D eigenvalue weighted by molar-refractivity contribution is 5.45. The van der Waals surface area contributed by atoms with Crippen LogP contribution in [0.1, 0.15) is 75.5 Å². The minimum Gasteiger partial charge on any atom is -0.364 e. The Bertz CT molecular complexity index is 744. The van der Waals surface area contributed by atoms with Crippen molar-refractivity contribution in [3.8, 4) is 0 Å². The van der Waals surface area contributed by atoms with Gasteiger partial charge in [-0.05, 0) is 51.8 Å². The van der Waals surface area contributed by atoms with E-state index in [2.05, 4.69) is 94.0 Å². The number of hydrogen-bond acceptors (Lipinski definition) is 0. The highest BCUT2D eigenvalue weighted by atomic mass is 14.7. The van der Waals surface area contributed by atoms with Crippen LogP contribution in [0.2, 0.25) is 0 Å². The predicted octanol–water partition coefficient (Wildman–Crippen LogP) is 6.12. The molecular weight excluding hydrogens is 304 g/mol. The molecule has 0 aliphatic heterocycles. The zero-order chi connectivity index (χ0) is 18.2. The van der Waals surface area contributed by atoms with Crippen molar-refractivity contribution in [1.29, 1.82) is 0 Å². The number of benzene rings is 1. The average Bonchev–Trinajstić information content (AvgIpc) is 3.19. The summed E-state index contributed by atoms with van der Waals surface area (Å²) in [5.74, 6) is 0.188. The van der Waals surface area contributed by atoms with Crippen molar-refractivity contribution in [3.63, 3.8) is 0 Å². The lowest BCUT2D eigenvalue weighted by molar-refractivity contribution is 0.566. The Morgan fingerprint density at radius 3 is 1.44 bits per heavy atom. The number of aromatic nitrogens is 2. The van der Waals surface area contributed by atoms with Gasteiger partial charge in [-0.15, -0.1) is 0 Å². The number of hydrogen-bond donors (Lipinski definition) is 2. The maximum Gasteiger partial charge on any atom is 0.0641 e. The van der Waals surface area contributed by atoms with Gasteiger partial charge in [0.05, 0.1) is 5.92 Å². The third-order valence-electron chi connectivity index (χ3n) is 4.89. The van der Waals surface area contributed by atoms with Crippen molar-refractivity contribution in [2.75, 3.05) is 0 Å². The Morgan fingerprint density at radius 2 is 1.12 bits per heavy atom. The molecule has 0 radical (unpaired) electrons. The molecule has 0 bridgehead atoms. The topological polar surface area (TPSA) is 31.6 Å². The maximum absolute atomic E-state index is 3.42. The largest absolute Gasteiger partial charge is 0.364 e. The molecule has 2 N–H and O–H groups in total. The molecule has 0 saturated carbocycles. The summed E-state index contributed by atoms with van der Waals surface area (Å²) in [5, 5.41) is 0. The van der Waals surface area contributed by atoms with Gasteiger partial charge in [-0.3, -0.25) is 0 Å². The van der Waals surface area contributed by atoms with Crippen LogP contribution in [0.25, 0.3) is 0 Å². The van der Waals surface area contributed by atoms with E-state index in [0.717, 1.165) is 0 Å². The van der Waals surface area contributed by atoms with Gasteiger partial charge in [0.2, 0.25) is 0 Å². The number of aromatic amines is 2. The highest BCUT2D eigenvalue weighted by Gasteiger charge is 2.25. The van der Waals surface area contributed by atoms with Crippen LogP contribution in [-0.4, -0.2) is 9.97 Å². The third kappa shape index (κ3) is 3.73. The van der Waals surface area contributed by atoms with Crippen LogP contribution in [0.15, 0.2) is 54.9 Å². The molecule has 3 aromatic rings. The van der Waals surface area contributed by atoms with Crippen LogP contribution in [0.5, 0.6) is 0 Å². The maximum atomic E-state index is 3.42. The van der Waals surface area contributed by atoms with Crippen molar-refractivity contribution < 1.29 is 0 Å². The smallest absolute Gasteiger partial charge is 0.0641 e. The summed E-state index contributed by atoms with van der Waals surface area (Å²) < 4.78 is 0. The molecule has 0 aliphatic rings. The van der Waals surface area contributed by atoms with Crippen LogP contribution in [0, 0.1) is 0 Å². The summed E-state index contributed by atoms with van der Waals surface area (Å²) in [4.78, 5) is 6.84. The van der Waals surface area contributed by atoms with Crippen LogP contribution < -0.4 is 0 Å². The third-order valence-corrected chi connectivity index (χ3v) is 4.89. The molecule has 132 valence electrons. The molecular formula is C23H30N2. The zero-order valence-corrected chi connectivity index (χ0v) is 16.3. The summed E-state index contributed by atoms with van der Waals surface area (Å²) in [6, 6.07) is 15.6. The lowest BCUT2D eigenvalue weighted by Gasteiger charge is -2.28. The van der Waals surface area contributed by atoms with E-state index in [4.69, 9.17) is 0 Å². The Balaban J connectivity index is 2.22. The summed E-state index contributed by atoms with van der Waals surface area (Å²) >= 11 is 0. The predicted molar refractivity (Wildman–Crippen MR) is 106 cm³/mol. The Morgan fingerprint density at radius 1 is 0.680 bits per heavy atom. The first kappa shape index (κ1) is 17.6. The molecule has 2 heterocycles. The quantitative estimate of drug-likeness (QED) is 0.578. The number of rotatable bonds is 3. The lowest BCUT2D eigenvalue weighted by Crippen LogP contribution is -2.18. The lowest BCUT2D eigenvalue weighted by atomic mass is 9.77. The first-order chi connectivity index (χ1) is 11.7. The van der Waals surface area contributed by atoms with Gasteiger partial charge in [0.1, 0.15) is 0 Å². The molecule has 25 heavy (non-hydrogen) atoms. The molecule has 0 saturated heterocycles. The van der Waals surface area contributed by atoms with E-state index in [0.29, 0.717) is 0 Å². The van der Waals surface area contributed by atoms with Gasteiger partial charge in [0.25, 0.3) is 0 Å². The molecule has 3 rings (SSSR count).